The predicted octanol–water partition coefficient (Wildman–Crippen LogP) is 18.3. The number of hydrogen-bond acceptors (Lipinski definition) is 3. The minimum absolute atomic E-state index is 0.586. The normalized spacial score (nSPS) is 14.9. The van der Waals surface area contributed by atoms with Crippen LogP contribution in [0.2, 0.25) is 0 Å². The summed E-state index contributed by atoms with van der Waals surface area (Å²) in [6.45, 7) is 0. The van der Waals surface area contributed by atoms with Gasteiger partial charge in [-0.05, 0) is 141 Å². The Morgan fingerprint density at radius 1 is 0.286 bits per heavy atom. The van der Waals surface area contributed by atoms with E-state index in [-0.39, 0.29) is 0 Å². The van der Waals surface area contributed by atoms with Gasteiger partial charge in [0.2, 0.25) is 0 Å². The topological polar surface area (TPSA) is 31.6 Å². The molecule has 0 amide bonds. The number of ether oxygens (including phenoxy) is 2. The third kappa shape index (κ3) is 4.92. The Bertz CT molecular complexity index is 4360. The van der Waals surface area contributed by atoms with Gasteiger partial charge < -0.3 is 13.9 Å². The molecule has 0 bridgehead atoms. The standard InChI is InChI=1S/C67H38O3/c1-2-16-43-39(15-1)35-36-51-65-42(23-14-30-59(65)70-66(43)51)40-31-33-41(34-32-40)62-45-18-3-5-20-47(45)63(48-21-6-4-19-46(48)62)50-24-13-27-55-64(50)49-22-8-10-26-54(49)67(55)53-25-9-7-17-44(53)52-37-60-61(38-56(52)67)69-58-29-12-11-28-57(58)68-60/h1-38H. The van der Waals surface area contributed by atoms with Crippen molar-refractivity contribution in [2.24, 2.45) is 0 Å². The third-order valence-electron chi connectivity index (χ3n) is 15.5. The van der Waals surface area contributed by atoms with Crippen LogP contribution >= 0.6 is 0 Å². The number of para-hydroxylation sites is 2. The Morgan fingerprint density at radius 2 is 0.829 bits per heavy atom. The van der Waals surface area contributed by atoms with E-state index in [4.69, 9.17) is 13.9 Å². The molecule has 1 atom stereocenters. The summed E-state index contributed by atoms with van der Waals surface area (Å²) in [5.74, 6) is 2.91. The fourth-order valence-corrected chi connectivity index (χ4v) is 12.8. The SMILES string of the molecule is c1ccc2c(c1)Oc1cc3c(cc1O2)C1(c2ccccc2-3)c2ccccc2-c2c(-c3c4ccccc4c(-c4ccc(-c5cccc6oc7c8ccccc8ccc7c56)cc4)c4ccccc34)cccc21. The molecule has 3 heteroatoms. The second-order valence-corrected chi connectivity index (χ2v) is 18.9. The van der Waals surface area contributed by atoms with Crippen LogP contribution in [0, 0.1) is 0 Å². The van der Waals surface area contributed by atoms with Crippen LogP contribution in [0.5, 0.6) is 23.0 Å². The molecule has 70 heavy (non-hydrogen) atoms. The average Bonchev–Trinajstić information content (AvgIpc) is 4.06. The molecule has 2 heterocycles. The first-order valence-electron chi connectivity index (χ1n) is 24.1. The van der Waals surface area contributed by atoms with Gasteiger partial charge in [0, 0.05) is 16.2 Å². The molecule has 1 aromatic heterocycles. The molecule has 1 aliphatic heterocycles. The maximum atomic E-state index is 6.66. The molecule has 0 N–H and O–H groups in total. The number of fused-ring (bicyclic) bond motifs is 19. The summed E-state index contributed by atoms with van der Waals surface area (Å²) in [7, 11) is 0. The van der Waals surface area contributed by atoms with Gasteiger partial charge in [0.05, 0.1) is 5.41 Å². The summed E-state index contributed by atoms with van der Waals surface area (Å²) < 4.78 is 19.8. The van der Waals surface area contributed by atoms with E-state index in [1.807, 2.05) is 24.3 Å². The lowest BCUT2D eigenvalue weighted by atomic mass is 9.70. The number of furan rings is 1. The van der Waals surface area contributed by atoms with Gasteiger partial charge in [-0.15, -0.1) is 0 Å². The van der Waals surface area contributed by atoms with Crippen molar-refractivity contribution in [3.63, 3.8) is 0 Å². The molecule has 12 aromatic carbocycles. The smallest absolute Gasteiger partial charge is 0.170 e. The van der Waals surface area contributed by atoms with Crippen molar-refractivity contribution in [2.75, 3.05) is 0 Å². The minimum atomic E-state index is -0.586. The van der Waals surface area contributed by atoms with Gasteiger partial charge in [-0.3, -0.25) is 0 Å². The Balaban J connectivity index is 0.898. The lowest BCUT2D eigenvalue weighted by Gasteiger charge is -2.31. The van der Waals surface area contributed by atoms with Gasteiger partial charge >= 0.3 is 0 Å². The largest absolute Gasteiger partial charge is 0.455 e. The molecule has 1 unspecified atom stereocenters. The van der Waals surface area contributed by atoms with Crippen LogP contribution in [0.15, 0.2) is 235 Å². The Labute approximate surface area is 403 Å². The molecule has 16 rings (SSSR count). The van der Waals surface area contributed by atoms with Crippen molar-refractivity contribution >= 4 is 54.3 Å². The van der Waals surface area contributed by atoms with Crippen LogP contribution in [0.25, 0.3) is 110 Å². The van der Waals surface area contributed by atoms with Crippen LogP contribution in [0.1, 0.15) is 22.3 Å². The van der Waals surface area contributed by atoms with Crippen LogP contribution in [0.3, 0.4) is 0 Å². The summed E-state index contributed by atoms with van der Waals surface area (Å²) in [6.07, 6.45) is 0. The van der Waals surface area contributed by atoms with Gasteiger partial charge in [-0.1, -0.05) is 194 Å². The fourth-order valence-electron chi connectivity index (χ4n) is 12.8. The zero-order chi connectivity index (χ0) is 45.7. The molecule has 324 valence electrons. The van der Waals surface area contributed by atoms with Crippen LogP contribution in [0.4, 0.5) is 0 Å². The van der Waals surface area contributed by atoms with Crippen molar-refractivity contribution < 1.29 is 13.9 Å². The third-order valence-corrected chi connectivity index (χ3v) is 15.5. The van der Waals surface area contributed by atoms with Crippen molar-refractivity contribution in [3.8, 4) is 78.6 Å². The molecule has 0 fully saturated rings. The monoisotopic (exact) mass is 890 g/mol. The van der Waals surface area contributed by atoms with Crippen LogP contribution in [-0.4, -0.2) is 0 Å². The van der Waals surface area contributed by atoms with Crippen molar-refractivity contribution in [3.05, 3.63) is 253 Å². The molecular formula is C67H38O3. The fraction of sp³-hybridized carbons (Fsp3) is 0.0149. The first-order valence-corrected chi connectivity index (χ1v) is 24.1. The highest BCUT2D eigenvalue weighted by Gasteiger charge is 2.53. The van der Waals surface area contributed by atoms with E-state index in [0.29, 0.717) is 0 Å². The van der Waals surface area contributed by atoms with E-state index in [2.05, 4.69) is 206 Å². The highest BCUT2D eigenvalue weighted by Crippen LogP contribution is 2.66. The van der Waals surface area contributed by atoms with Gasteiger partial charge in [-0.25, -0.2) is 0 Å². The van der Waals surface area contributed by atoms with Crippen molar-refractivity contribution in [1.29, 1.82) is 0 Å². The molecule has 3 nitrogen and oxygen atoms in total. The van der Waals surface area contributed by atoms with Crippen molar-refractivity contribution in [1.82, 2.24) is 0 Å². The molecule has 13 aromatic rings. The van der Waals surface area contributed by atoms with E-state index >= 15 is 0 Å². The number of benzene rings is 12. The summed E-state index contributed by atoms with van der Waals surface area (Å²) in [5.41, 5.74) is 18.4. The van der Waals surface area contributed by atoms with Gasteiger partial charge in [-0.2, -0.15) is 0 Å². The second-order valence-electron chi connectivity index (χ2n) is 18.9. The van der Waals surface area contributed by atoms with Crippen LogP contribution in [-0.2, 0) is 5.41 Å². The second kappa shape index (κ2) is 13.9. The highest BCUT2D eigenvalue weighted by atomic mass is 16.6. The first kappa shape index (κ1) is 37.9. The molecule has 0 radical (unpaired) electrons. The van der Waals surface area contributed by atoms with Crippen LogP contribution < -0.4 is 9.47 Å². The quantitative estimate of drug-likeness (QED) is 0.166. The average molecular weight is 891 g/mol. The summed E-state index contributed by atoms with van der Waals surface area (Å²) in [5, 5.41) is 9.48. The summed E-state index contributed by atoms with van der Waals surface area (Å²) in [4.78, 5) is 0. The Morgan fingerprint density at radius 3 is 1.57 bits per heavy atom. The molecule has 0 saturated carbocycles. The number of hydrogen-bond donors (Lipinski definition) is 0. The maximum absolute atomic E-state index is 6.66. The first-order chi connectivity index (χ1) is 34.7. The molecule has 1 spiro atoms. The Hall–Kier alpha value is -9.18. The zero-order valence-corrected chi connectivity index (χ0v) is 37.7. The minimum Gasteiger partial charge on any atom is -0.455 e. The lowest BCUT2D eigenvalue weighted by molar-refractivity contribution is 0.359. The van der Waals surface area contributed by atoms with Gasteiger partial charge in [0.1, 0.15) is 11.2 Å². The number of rotatable bonds is 3. The summed E-state index contributed by atoms with van der Waals surface area (Å²) >= 11 is 0. The molecule has 0 saturated heterocycles. The molecule has 3 aliphatic rings. The van der Waals surface area contributed by atoms with Crippen molar-refractivity contribution in [2.45, 2.75) is 5.41 Å². The predicted molar refractivity (Wildman–Crippen MR) is 285 cm³/mol. The van der Waals surface area contributed by atoms with E-state index < -0.39 is 5.41 Å². The zero-order valence-electron chi connectivity index (χ0n) is 37.7. The highest BCUT2D eigenvalue weighted by molar-refractivity contribution is 6.23. The van der Waals surface area contributed by atoms with E-state index in [1.165, 1.54) is 93.7 Å². The van der Waals surface area contributed by atoms with E-state index in [0.717, 1.165) is 61.4 Å². The molecular weight excluding hydrogens is 853 g/mol. The Kier molecular flexibility index (Phi) is 7.54. The van der Waals surface area contributed by atoms with E-state index in [1.54, 1.807) is 0 Å². The molecule has 2 aliphatic carbocycles. The van der Waals surface area contributed by atoms with Gasteiger partial charge in [0.15, 0.2) is 23.0 Å². The maximum Gasteiger partial charge on any atom is 0.170 e. The van der Waals surface area contributed by atoms with Gasteiger partial charge in [0.25, 0.3) is 0 Å². The van der Waals surface area contributed by atoms with E-state index in [9.17, 15) is 0 Å². The lowest BCUT2D eigenvalue weighted by Crippen LogP contribution is -2.26. The summed E-state index contributed by atoms with van der Waals surface area (Å²) in [6, 6.07) is 83.9.